The summed E-state index contributed by atoms with van der Waals surface area (Å²) in [7, 11) is 0. The summed E-state index contributed by atoms with van der Waals surface area (Å²) in [6, 6.07) is 29.3. The first-order valence-corrected chi connectivity index (χ1v) is 10.7. The summed E-state index contributed by atoms with van der Waals surface area (Å²) >= 11 is 0. The van der Waals surface area contributed by atoms with Gasteiger partial charge in [0.05, 0.1) is 6.07 Å². The van der Waals surface area contributed by atoms with Crippen molar-refractivity contribution in [2.75, 3.05) is 0 Å². The van der Waals surface area contributed by atoms with E-state index in [9.17, 15) is 14.7 Å². The molecule has 0 fully saturated rings. The molecule has 32 heavy (non-hydrogen) atoms. The normalized spacial score (nSPS) is 11.8. The van der Waals surface area contributed by atoms with Crippen LogP contribution in [0.3, 0.4) is 0 Å². The predicted molar refractivity (Wildman–Crippen MR) is 123 cm³/mol. The van der Waals surface area contributed by atoms with E-state index in [1.54, 1.807) is 0 Å². The van der Waals surface area contributed by atoms with Gasteiger partial charge in [-0.05, 0) is 36.0 Å². The Morgan fingerprint density at radius 2 is 1.25 bits per heavy atom. The molecule has 0 aliphatic rings. The Kier molecular flexibility index (Phi) is 7.77. The largest absolute Gasteiger partial charge is 0.480 e. The molecule has 0 aliphatic carbocycles. The summed E-state index contributed by atoms with van der Waals surface area (Å²) in [4.78, 5) is 26.0. The van der Waals surface area contributed by atoms with Crippen LogP contribution in [-0.2, 0) is 15.0 Å². The van der Waals surface area contributed by atoms with E-state index < -0.39 is 23.3 Å². The van der Waals surface area contributed by atoms with Crippen LogP contribution < -0.4 is 5.32 Å². The minimum absolute atomic E-state index is 0.261. The number of hydrogen-bond donors (Lipinski definition) is 2. The zero-order valence-electron chi connectivity index (χ0n) is 17.8. The van der Waals surface area contributed by atoms with E-state index >= 15 is 0 Å². The Hall–Kier alpha value is -3.91. The number of unbranched alkanes of at least 4 members (excludes halogenated alkanes) is 2. The third kappa shape index (κ3) is 4.87. The predicted octanol–water partition coefficient (Wildman–Crippen LogP) is 4.67. The molecular formula is C27H26N2O3. The van der Waals surface area contributed by atoms with Crippen LogP contribution in [0.1, 0.15) is 42.4 Å². The fraction of sp³-hybridized carbons (Fsp3) is 0.222. The number of aliphatic carboxylic acids is 1. The molecule has 5 heteroatoms. The van der Waals surface area contributed by atoms with Gasteiger partial charge in [-0.1, -0.05) is 91.0 Å². The molecule has 0 heterocycles. The molecule has 0 saturated heterocycles. The monoisotopic (exact) mass is 426 g/mol. The van der Waals surface area contributed by atoms with Crippen molar-refractivity contribution in [3.05, 3.63) is 108 Å². The van der Waals surface area contributed by atoms with Crippen molar-refractivity contribution in [3.8, 4) is 6.07 Å². The number of benzene rings is 3. The molecule has 0 aromatic heterocycles. The lowest BCUT2D eigenvalue weighted by atomic mass is 9.68. The molecule has 0 saturated carbocycles. The highest BCUT2D eigenvalue weighted by atomic mass is 16.4. The van der Waals surface area contributed by atoms with Crippen molar-refractivity contribution in [1.29, 1.82) is 5.26 Å². The number of nitrogens with zero attached hydrogens (tertiary/aromatic N) is 1. The van der Waals surface area contributed by atoms with Gasteiger partial charge in [-0.3, -0.25) is 4.79 Å². The maximum atomic E-state index is 14.0. The van der Waals surface area contributed by atoms with Gasteiger partial charge < -0.3 is 10.4 Å². The SMILES string of the molecule is N#CCCCC[C@H](NC(=O)C(c1ccccc1)(c1ccccc1)c1ccccc1)C(=O)O. The van der Waals surface area contributed by atoms with Crippen LogP contribution in [-0.4, -0.2) is 23.0 Å². The number of hydrogen-bond acceptors (Lipinski definition) is 3. The van der Waals surface area contributed by atoms with E-state index in [4.69, 9.17) is 5.26 Å². The molecule has 0 spiro atoms. The first-order valence-electron chi connectivity index (χ1n) is 10.7. The maximum absolute atomic E-state index is 14.0. The second kappa shape index (κ2) is 10.9. The van der Waals surface area contributed by atoms with Gasteiger partial charge >= 0.3 is 5.97 Å². The molecule has 3 aromatic rings. The van der Waals surface area contributed by atoms with Crippen LogP contribution in [0.25, 0.3) is 0 Å². The minimum Gasteiger partial charge on any atom is -0.480 e. The van der Waals surface area contributed by atoms with Gasteiger partial charge in [0.2, 0.25) is 5.91 Å². The number of amides is 1. The molecule has 0 bridgehead atoms. The average molecular weight is 427 g/mol. The van der Waals surface area contributed by atoms with Gasteiger partial charge in [0.25, 0.3) is 0 Å². The Morgan fingerprint density at radius 3 is 1.62 bits per heavy atom. The van der Waals surface area contributed by atoms with Crippen LogP contribution in [0.2, 0.25) is 0 Å². The second-order valence-corrected chi connectivity index (χ2v) is 7.62. The van der Waals surface area contributed by atoms with E-state index in [0.29, 0.717) is 19.3 Å². The highest BCUT2D eigenvalue weighted by molar-refractivity contribution is 5.98. The molecular weight excluding hydrogens is 400 g/mol. The molecule has 1 atom stereocenters. The molecule has 5 nitrogen and oxygen atoms in total. The Bertz CT molecular complexity index is 964. The van der Waals surface area contributed by atoms with Gasteiger partial charge in [-0.15, -0.1) is 0 Å². The molecule has 162 valence electrons. The van der Waals surface area contributed by atoms with Gasteiger partial charge in [0, 0.05) is 6.42 Å². The van der Waals surface area contributed by atoms with E-state index in [-0.39, 0.29) is 6.42 Å². The van der Waals surface area contributed by atoms with Crippen molar-refractivity contribution in [2.45, 2.75) is 37.1 Å². The third-order valence-corrected chi connectivity index (χ3v) is 5.60. The summed E-state index contributed by atoms with van der Waals surface area (Å²) in [5.41, 5.74) is 1.04. The number of carboxylic acid groups (broad SMARTS) is 1. The van der Waals surface area contributed by atoms with Crippen molar-refractivity contribution < 1.29 is 14.7 Å². The van der Waals surface area contributed by atoms with Crippen molar-refractivity contribution in [3.63, 3.8) is 0 Å². The summed E-state index contributed by atoms with van der Waals surface area (Å²) in [6.45, 7) is 0. The average Bonchev–Trinajstić information content (AvgIpc) is 2.83. The standard InChI is InChI=1S/C27H26N2O3/c28-20-12-4-11-19-24(25(30)31)29-26(32)27(21-13-5-1-6-14-21,22-15-7-2-8-16-22)23-17-9-3-10-18-23/h1-3,5-10,13-18,24H,4,11-12,19H2,(H,29,32)(H,30,31)/t24-/m0/s1. The molecule has 0 aliphatic heterocycles. The minimum atomic E-state index is -1.22. The van der Waals surface area contributed by atoms with E-state index in [1.807, 2.05) is 91.0 Å². The van der Waals surface area contributed by atoms with Gasteiger partial charge in [-0.25, -0.2) is 4.79 Å². The lowest BCUT2D eigenvalue weighted by molar-refractivity contribution is -0.142. The second-order valence-electron chi connectivity index (χ2n) is 7.62. The number of nitriles is 1. The smallest absolute Gasteiger partial charge is 0.326 e. The molecule has 1 amide bonds. The van der Waals surface area contributed by atoms with Crippen LogP contribution in [0, 0.1) is 11.3 Å². The number of rotatable bonds is 10. The number of carbonyl (C=O) groups is 2. The summed E-state index contributed by atoms with van der Waals surface area (Å²) in [5.74, 6) is -1.48. The van der Waals surface area contributed by atoms with E-state index in [0.717, 1.165) is 16.7 Å². The van der Waals surface area contributed by atoms with Gasteiger partial charge in [0.15, 0.2) is 0 Å². The number of carboxylic acids is 1. The summed E-state index contributed by atoms with van der Waals surface area (Å²) in [6.07, 6.45) is 1.76. The molecule has 0 radical (unpaired) electrons. The Balaban J connectivity index is 2.11. The first kappa shape index (κ1) is 22.8. The fourth-order valence-corrected chi connectivity index (χ4v) is 4.03. The lowest BCUT2D eigenvalue weighted by Crippen LogP contribution is -2.51. The quantitative estimate of drug-likeness (QED) is 0.364. The van der Waals surface area contributed by atoms with Crippen molar-refractivity contribution in [1.82, 2.24) is 5.32 Å². The van der Waals surface area contributed by atoms with Crippen LogP contribution in [0.5, 0.6) is 0 Å². The lowest BCUT2D eigenvalue weighted by Gasteiger charge is -2.35. The Labute approximate surface area is 188 Å². The van der Waals surface area contributed by atoms with Crippen LogP contribution in [0.15, 0.2) is 91.0 Å². The summed E-state index contributed by atoms with van der Waals surface area (Å²) < 4.78 is 0. The highest BCUT2D eigenvalue weighted by Gasteiger charge is 2.44. The zero-order chi connectivity index (χ0) is 22.8. The molecule has 0 unspecified atom stereocenters. The van der Waals surface area contributed by atoms with E-state index in [2.05, 4.69) is 11.4 Å². The number of carbonyl (C=O) groups excluding carboxylic acids is 1. The van der Waals surface area contributed by atoms with Crippen LogP contribution in [0.4, 0.5) is 0 Å². The van der Waals surface area contributed by atoms with Crippen molar-refractivity contribution in [2.24, 2.45) is 0 Å². The molecule has 3 rings (SSSR count). The number of nitrogens with one attached hydrogen (secondary N) is 1. The summed E-state index contributed by atoms with van der Waals surface area (Å²) in [5, 5.41) is 21.3. The van der Waals surface area contributed by atoms with Gasteiger partial charge in [0.1, 0.15) is 11.5 Å². The Morgan fingerprint density at radius 1 is 0.812 bits per heavy atom. The van der Waals surface area contributed by atoms with Gasteiger partial charge in [-0.2, -0.15) is 5.26 Å². The topological polar surface area (TPSA) is 90.2 Å². The highest BCUT2D eigenvalue weighted by Crippen LogP contribution is 2.39. The van der Waals surface area contributed by atoms with Crippen LogP contribution >= 0.6 is 0 Å². The fourth-order valence-electron chi connectivity index (χ4n) is 4.03. The van der Waals surface area contributed by atoms with Crippen molar-refractivity contribution >= 4 is 11.9 Å². The molecule has 2 N–H and O–H groups in total. The first-order chi connectivity index (χ1) is 15.6. The third-order valence-electron chi connectivity index (χ3n) is 5.60. The zero-order valence-corrected chi connectivity index (χ0v) is 17.8. The molecule has 3 aromatic carbocycles. The maximum Gasteiger partial charge on any atom is 0.326 e. The van der Waals surface area contributed by atoms with E-state index in [1.165, 1.54) is 0 Å².